The summed E-state index contributed by atoms with van der Waals surface area (Å²) in [5, 5.41) is 12.9. The summed E-state index contributed by atoms with van der Waals surface area (Å²) in [6.07, 6.45) is 6.70. The van der Waals surface area contributed by atoms with E-state index < -0.39 is 5.97 Å². The van der Waals surface area contributed by atoms with E-state index in [-0.39, 0.29) is 12.0 Å². The number of nitrogens with zero attached hydrogens (tertiary/aromatic N) is 2. The van der Waals surface area contributed by atoms with Gasteiger partial charge in [0, 0.05) is 12.4 Å². The molecule has 1 saturated carbocycles. The van der Waals surface area contributed by atoms with E-state index in [1.54, 1.807) is 10.9 Å². The lowest BCUT2D eigenvalue weighted by atomic mass is 9.74. The number of hydrogen-bond donors (Lipinski definition) is 1. The fourth-order valence-corrected chi connectivity index (χ4v) is 1.90. The SMILES string of the molecule is O=C(O)CC1(n2cccn2)CCC1. The highest BCUT2D eigenvalue weighted by Crippen LogP contribution is 2.41. The lowest BCUT2D eigenvalue weighted by Gasteiger charge is -2.40. The molecule has 13 heavy (non-hydrogen) atoms. The van der Waals surface area contributed by atoms with E-state index in [0.717, 1.165) is 19.3 Å². The average molecular weight is 180 g/mol. The third-order valence-corrected chi connectivity index (χ3v) is 2.75. The molecule has 0 aromatic carbocycles. The number of carbonyl (C=O) groups is 1. The van der Waals surface area contributed by atoms with E-state index in [9.17, 15) is 4.79 Å². The highest BCUT2D eigenvalue weighted by Gasteiger charge is 2.41. The molecule has 0 amide bonds. The summed E-state index contributed by atoms with van der Waals surface area (Å²) in [6.45, 7) is 0. The molecular formula is C9H12N2O2. The van der Waals surface area contributed by atoms with Crippen molar-refractivity contribution in [2.45, 2.75) is 31.2 Å². The van der Waals surface area contributed by atoms with Gasteiger partial charge >= 0.3 is 5.97 Å². The maximum atomic E-state index is 10.7. The molecule has 0 saturated heterocycles. The third kappa shape index (κ3) is 1.32. The van der Waals surface area contributed by atoms with Crippen LogP contribution in [0.1, 0.15) is 25.7 Å². The van der Waals surface area contributed by atoms with Crippen LogP contribution in [0.4, 0.5) is 0 Å². The van der Waals surface area contributed by atoms with Crippen LogP contribution in [0.5, 0.6) is 0 Å². The van der Waals surface area contributed by atoms with Crippen molar-refractivity contribution in [3.63, 3.8) is 0 Å². The molecular weight excluding hydrogens is 168 g/mol. The van der Waals surface area contributed by atoms with E-state index in [2.05, 4.69) is 5.10 Å². The van der Waals surface area contributed by atoms with Gasteiger partial charge in [-0.05, 0) is 25.3 Å². The first kappa shape index (κ1) is 8.29. The van der Waals surface area contributed by atoms with E-state index in [0.29, 0.717) is 0 Å². The minimum atomic E-state index is -0.741. The molecule has 2 rings (SSSR count). The van der Waals surface area contributed by atoms with Crippen molar-refractivity contribution in [2.75, 3.05) is 0 Å². The molecule has 0 spiro atoms. The van der Waals surface area contributed by atoms with Crippen molar-refractivity contribution in [1.29, 1.82) is 0 Å². The number of aliphatic carboxylic acids is 1. The number of aromatic nitrogens is 2. The Bertz CT molecular complexity index is 301. The zero-order valence-corrected chi connectivity index (χ0v) is 7.31. The molecule has 1 aromatic rings. The fraction of sp³-hybridized carbons (Fsp3) is 0.556. The van der Waals surface area contributed by atoms with Gasteiger partial charge in [0.2, 0.25) is 0 Å². The van der Waals surface area contributed by atoms with Gasteiger partial charge in [-0.2, -0.15) is 5.10 Å². The predicted molar refractivity (Wildman–Crippen MR) is 46.3 cm³/mol. The minimum Gasteiger partial charge on any atom is -0.481 e. The molecule has 70 valence electrons. The van der Waals surface area contributed by atoms with Gasteiger partial charge in [0.15, 0.2) is 0 Å². The standard InChI is InChI=1S/C9H12N2O2/c12-8(13)7-9(3-1-4-9)11-6-2-5-10-11/h2,5-6H,1,3-4,7H2,(H,12,13). The van der Waals surface area contributed by atoms with Gasteiger partial charge in [-0.1, -0.05) is 0 Å². The highest BCUT2D eigenvalue weighted by molar-refractivity contribution is 5.68. The summed E-state index contributed by atoms with van der Waals surface area (Å²) >= 11 is 0. The summed E-state index contributed by atoms with van der Waals surface area (Å²) in [6, 6.07) is 1.84. The molecule has 1 aliphatic carbocycles. The molecule has 1 fully saturated rings. The molecule has 0 aliphatic heterocycles. The van der Waals surface area contributed by atoms with Crippen molar-refractivity contribution >= 4 is 5.97 Å². The van der Waals surface area contributed by atoms with Crippen LogP contribution in [-0.2, 0) is 10.3 Å². The van der Waals surface area contributed by atoms with Crippen LogP contribution in [0.2, 0.25) is 0 Å². The second-order valence-electron chi connectivity index (χ2n) is 3.60. The molecule has 0 bridgehead atoms. The van der Waals surface area contributed by atoms with Gasteiger partial charge in [-0.15, -0.1) is 0 Å². The van der Waals surface area contributed by atoms with E-state index >= 15 is 0 Å². The summed E-state index contributed by atoms with van der Waals surface area (Å²) in [4.78, 5) is 10.7. The van der Waals surface area contributed by atoms with Crippen LogP contribution in [-0.4, -0.2) is 20.9 Å². The Morgan fingerprint density at radius 3 is 2.77 bits per heavy atom. The van der Waals surface area contributed by atoms with Crippen molar-refractivity contribution in [1.82, 2.24) is 9.78 Å². The third-order valence-electron chi connectivity index (χ3n) is 2.75. The van der Waals surface area contributed by atoms with E-state index in [1.165, 1.54) is 0 Å². The van der Waals surface area contributed by atoms with Gasteiger partial charge < -0.3 is 5.11 Å². The first-order chi connectivity index (χ1) is 6.23. The van der Waals surface area contributed by atoms with Crippen LogP contribution in [0.15, 0.2) is 18.5 Å². The maximum Gasteiger partial charge on any atom is 0.305 e. The molecule has 1 N–H and O–H groups in total. The first-order valence-electron chi connectivity index (χ1n) is 4.45. The summed E-state index contributed by atoms with van der Waals surface area (Å²) in [7, 11) is 0. The van der Waals surface area contributed by atoms with Gasteiger partial charge in [0.25, 0.3) is 0 Å². The quantitative estimate of drug-likeness (QED) is 0.761. The van der Waals surface area contributed by atoms with Gasteiger partial charge in [-0.3, -0.25) is 9.48 Å². The Labute approximate surface area is 76.2 Å². The van der Waals surface area contributed by atoms with Gasteiger partial charge in [-0.25, -0.2) is 0 Å². The summed E-state index contributed by atoms with van der Waals surface area (Å²) in [5.41, 5.74) is -0.227. The zero-order chi connectivity index (χ0) is 9.31. The topological polar surface area (TPSA) is 55.1 Å². The molecule has 1 aliphatic rings. The Morgan fingerprint density at radius 1 is 1.62 bits per heavy atom. The van der Waals surface area contributed by atoms with E-state index in [4.69, 9.17) is 5.11 Å². The smallest absolute Gasteiger partial charge is 0.305 e. The normalized spacial score (nSPS) is 19.4. The van der Waals surface area contributed by atoms with Crippen molar-refractivity contribution in [3.8, 4) is 0 Å². The molecule has 4 heteroatoms. The number of hydrogen-bond acceptors (Lipinski definition) is 2. The van der Waals surface area contributed by atoms with Crippen LogP contribution < -0.4 is 0 Å². The van der Waals surface area contributed by atoms with Crippen LogP contribution >= 0.6 is 0 Å². The summed E-state index contributed by atoms with van der Waals surface area (Å²) in [5.74, 6) is -0.741. The lowest BCUT2D eigenvalue weighted by molar-refractivity contribution is -0.141. The predicted octanol–water partition coefficient (Wildman–Crippen LogP) is 1.24. The number of rotatable bonds is 3. The van der Waals surface area contributed by atoms with Crippen molar-refractivity contribution in [2.24, 2.45) is 0 Å². The monoisotopic (exact) mass is 180 g/mol. The van der Waals surface area contributed by atoms with Gasteiger partial charge in [0.05, 0.1) is 12.0 Å². The van der Waals surface area contributed by atoms with Crippen molar-refractivity contribution in [3.05, 3.63) is 18.5 Å². The second kappa shape index (κ2) is 2.87. The first-order valence-corrected chi connectivity index (χ1v) is 4.45. The molecule has 0 radical (unpaired) electrons. The molecule has 0 atom stereocenters. The van der Waals surface area contributed by atoms with Gasteiger partial charge in [0.1, 0.15) is 0 Å². The summed E-state index contributed by atoms with van der Waals surface area (Å²) < 4.78 is 1.80. The van der Waals surface area contributed by atoms with E-state index in [1.807, 2.05) is 12.3 Å². The highest BCUT2D eigenvalue weighted by atomic mass is 16.4. The molecule has 1 aromatic heterocycles. The van der Waals surface area contributed by atoms with Crippen LogP contribution in [0.25, 0.3) is 0 Å². The number of carboxylic acid groups (broad SMARTS) is 1. The molecule has 4 nitrogen and oxygen atoms in total. The Hall–Kier alpha value is -1.32. The number of carboxylic acids is 1. The zero-order valence-electron chi connectivity index (χ0n) is 7.31. The van der Waals surface area contributed by atoms with Crippen LogP contribution in [0.3, 0.4) is 0 Å². The molecule has 1 heterocycles. The van der Waals surface area contributed by atoms with Crippen molar-refractivity contribution < 1.29 is 9.90 Å². The Kier molecular flexibility index (Phi) is 1.83. The molecule has 0 unspecified atom stereocenters. The minimum absolute atomic E-state index is 0.189. The average Bonchev–Trinajstić information content (AvgIpc) is 2.48. The largest absolute Gasteiger partial charge is 0.481 e. The Balaban J connectivity index is 2.20. The second-order valence-corrected chi connectivity index (χ2v) is 3.60. The lowest BCUT2D eigenvalue weighted by Crippen LogP contribution is -2.42. The van der Waals surface area contributed by atoms with Crippen LogP contribution in [0, 0.1) is 0 Å². The maximum absolute atomic E-state index is 10.7. The fourth-order valence-electron chi connectivity index (χ4n) is 1.90. The Morgan fingerprint density at radius 2 is 2.38 bits per heavy atom.